The van der Waals surface area contributed by atoms with Crippen LogP contribution in [0.25, 0.3) is 0 Å². The maximum absolute atomic E-state index is 12.1. The molecule has 0 saturated heterocycles. The van der Waals surface area contributed by atoms with Crippen molar-refractivity contribution in [1.82, 2.24) is 9.03 Å². The number of ether oxygens (including phenoxy) is 1. The molecule has 0 amide bonds. The first-order valence-electron chi connectivity index (χ1n) is 7.44. The number of benzene rings is 1. The number of unbranched alkanes of at least 4 members (excludes halogenated alkanes) is 1. The molecule has 0 aromatic heterocycles. The van der Waals surface area contributed by atoms with Crippen LogP contribution in [0.15, 0.2) is 24.3 Å². The highest BCUT2D eigenvalue weighted by Crippen LogP contribution is 2.26. The minimum Gasteiger partial charge on any atom is -0.493 e. The molecule has 21 heavy (non-hydrogen) atoms. The van der Waals surface area contributed by atoms with Crippen molar-refractivity contribution in [1.29, 1.82) is 0 Å². The minimum atomic E-state index is -3.38. The third-order valence-electron chi connectivity index (χ3n) is 3.75. The lowest BCUT2D eigenvalue weighted by atomic mass is 9.97. The molecule has 1 aromatic carbocycles. The third-order valence-corrected chi connectivity index (χ3v) is 5.28. The molecular formula is C15H24N2O3S. The lowest BCUT2D eigenvalue weighted by molar-refractivity contribution is 0.223. The molecule has 1 atom stereocenters. The second-order valence-electron chi connectivity index (χ2n) is 5.52. The van der Waals surface area contributed by atoms with Crippen LogP contribution in [-0.4, -0.2) is 39.5 Å². The molecule has 0 saturated carbocycles. The number of hydrogen-bond acceptors (Lipinski definition) is 3. The van der Waals surface area contributed by atoms with Crippen molar-refractivity contribution in [2.75, 3.05) is 26.7 Å². The van der Waals surface area contributed by atoms with E-state index in [0.717, 1.165) is 30.6 Å². The highest BCUT2D eigenvalue weighted by molar-refractivity contribution is 7.87. The molecule has 0 spiro atoms. The second-order valence-corrected chi connectivity index (χ2v) is 7.38. The SMILES string of the molecule is CCCCN(C)S(=O)(=O)NC[C@H]1COc2ccccc2C1. The quantitative estimate of drug-likeness (QED) is 0.835. The summed E-state index contributed by atoms with van der Waals surface area (Å²) in [7, 11) is -1.77. The molecule has 1 heterocycles. The number of nitrogens with one attached hydrogen (secondary N) is 1. The van der Waals surface area contributed by atoms with Gasteiger partial charge in [-0.2, -0.15) is 12.7 Å². The molecule has 118 valence electrons. The summed E-state index contributed by atoms with van der Waals surface area (Å²) in [5, 5.41) is 0. The van der Waals surface area contributed by atoms with Gasteiger partial charge in [-0.25, -0.2) is 4.72 Å². The van der Waals surface area contributed by atoms with Gasteiger partial charge in [-0.05, 0) is 24.5 Å². The van der Waals surface area contributed by atoms with E-state index in [2.05, 4.69) is 4.72 Å². The Labute approximate surface area is 127 Å². The molecule has 6 heteroatoms. The van der Waals surface area contributed by atoms with Crippen molar-refractivity contribution >= 4 is 10.2 Å². The fourth-order valence-electron chi connectivity index (χ4n) is 2.36. The standard InChI is InChI=1S/C15H24N2O3S/c1-3-4-9-17(2)21(18,19)16-11-13-10-14-7-5-6-8-15(14)20-12-13/h5-8,13,16H,3-4,9-12H2,1-2H3/t13-/m0/s1. The van der Waals surface area contributed by atoms with Gasteiger partial charge in [0, 0.05) is 26.1 Å². The van der Waals surface area contributed by atoms with Crippen LogP contribution in [0.3, 0.4) is 0 Å². The van der Waals surface area contributed by atoms with Crippen LogP contribution in [0.2, 0.25) is 0 Å². The van der Waals surface area contributed by atoms with E-state index in [1.54, 1.807) is 7.05 Å². The average molecular weight is 312 g/mol. The van der Waals surface area contributed by atoms with Gasteiger partial charge in [0.05, 0.1) is 6.61 Å². The zero-order valence-electron chi connectivity index (χ0n) is 12.7. The summed E-state index contributed by atoms with van der Waals surface area (Å²) in [6, 6.07) is 7.91. The summed E-state index contributed by atoms with van der Waals surface area (Å²) < 4.78 is 33.9. The molecule has 0 fully saturated rings. The van der Waals surface area contributed by atoms with Gasteiger partial charge in [-0.3, -0.25) is 0 Å². The van der Waals surface area contributed by atoms with E-state index in [1.807, 2.05) is 31.2 Å². The molecule has 1 aromatic rings. The zero-order chi connectivity index (χ0) is 15.3. The van der Waals surface area contributed by atoms with E-state index in [4.69, 9.17) is 4.74 Å². The van der Waals surface area contributed by atoms with Gasteiger partial charge in [0.15, 0.2) is 0 Å². The predicted octanol–water partition coefficient (Wildman–Crippen LogP) is 1.80. The number of fused-ring (bicyclic) bond motifs is 1. The highest BCUT2D eigenvalue weighted by Gasteiger charge is 2.23. The Hall–Kier alpha value is -1.11. The Morgan fingerprint density at radius 1 is 1.38 bits per heavy atom. The van der Waals surface area contributed by atoms with Gasteiger partial charge in [0.2, 0.25) is 0 Å². The van der Waals surface area contributed by atoms with Crippen LogP contribution in [0, 0.1) is 5.92 Å². The van der Waals surface area contributed by atoms with Crippen molar-refractivity contribution in [3.05, 3.63) is 29.8 Å². The van der Waals surface area contributed by atoms with Crippen LogP contribution in [0.1, 0.15) is 25.3 Å². The lowest BCUT2D eigenvalue weighted by Gasteiger charge is -2.26. The van der Waals surface area contributed by atoms with E-state index >= 15 is 0 Å². The molecule has 0 bridgehead atoms. The molecule has 2 rings (SSSR count). The van der Waals surface area contributed by atoms with Crippen LogP contribution >= 0.6 is 0 Å². The molecule has 5 nitrogen and oxygen atoms in total. The minimum absolute atomic E-state index is 0.175. The topological polar surface area (TPSA) is 58.6 Å². The Balaban J connectivity index is 1.86. The number of para-hydroxylation sites is 1. The zero-order valence-corrected chi connectivity index (χ0v) is 13.5. The van der Waals surface area contributed by atoms with Gasteiger partial charge in [-0.15, -0.1) is 0 Å². The van der Waals surface area contributed by atoms with Crippen LogP contribution in [-0.2, 0) is 16.6 Å². The van der Waals surface area contributed by atoms with Crippen molar-refractivity contribution in [3.63, 3.8) is 0 Å². The second kappa shape index (κ2) is 7.24. The van der Waals surface area contributed by atoms with Gasteiger partial charge in [0.1, 0.15) is 5.75 Å². The molecule has 1 aliphatic heterocycles. The van der Waals surface area contributed by atoms with E-state index < -0.39 is 10.2 Å². The maximum atomic E-state index is 12.1. The maximum Gasteiger partial charge on any atom is 0.279 e. The molecule has 0 unspecified atom stereocenters. The number of hydrogen-bond donors (Lipinski definition) is 1. The largest absolute Gasteiger partial charge is 0.493 e. The van der Waals surface area contributed by atoms with Crippen LogP contribution in [0.4, 0.5) is 0 Å². The van der Waals surface area contributed by atoms with Crippen molar-refractivity contribution < 1.29 is 13.2 Å². The van der Waals surface area contributed by atoms with E-state index in [9.17, 15) is 8.42 Å². The fourth-order valence-corrected chi connectivity index (χ4v) is 3.39. The summed E-state index contributed by atoms with van der Waals surface area (Å²) in [4.78, 5) is 0. The van der Waals surface area contributed by atoms with E-state index in [-0.39, 0.29) is 5.92 Å². The van der Waals surface area contributed by atoms with E-state index in [1.165, 1.54) is 4.31 Å². The number of rotatable bonds is 7. The Morgan fingerprint density at radius 2 is 2.14 bits per heavy atom. The van der Waals surface area contributed by atoms with E-state index in [0.29, 0.717) is 19.7 Å². The fraction of sp³-hybridized carbons (Fsp3) is 0.600. The van der Waals surface area contributed by atoms with Crippen molar-refractivity contribution in [2.24, 2.45) is 5.92 Å². The lowest BCUT2D eigenvalue weighted by Crippen LogP contribution is -2.42. The Bertz CT molecular complexity index is 560. The average Bonchev–Trinajstić information content (AvgIpc) is 2.50. The highest BCUT2D eigenvalue weighted by atomic mass is 32.2. The van der Waals surface area contributed by atoms with Gasteiger partial charge in [0.25, 0.3) is 10.2 Å². The molecule has 1 N–H and O–H groups in total. The Kier molecular flexibility index (Phi) is 5.61. The number of nitrogens with zero attached hydrogens (tertiary/aromatic N) is 1. The summed E-state index contributed by atoms with van der Waals surface area (Å²) in [5.74, 6) is 1.09. The Morgan fingerprint density at radius 3 is 2.90 bits per heavy atom. The van der Waals surface area contributed by atoms with Gasteiger partial charge in [-0.1, -0.05) is 31.5 Å². The van der Waals surface area contributed by atoms with Crippen LogP contribution < -0.4 is 9.46 Å². The van der Waals surface area contributed by atoms with Crippen LogP contribution in [0.5, 0.6) is 5.75 Å². The molecule has 1 aliphatic rings. The first-order valence-corrected chi connectivity index (χ1v) is 8.88. The first kappa shape index (κ1) is 16.3. The van der Waals surface area contributed by atoms with Crippen molar-refractivity contribution in [2.45, 2.75) is 26.2 Å². The monoisotopic (exact) mass is 312 g/mol. The van der Waals surface area contributed by atoms with Gasteiger partial charge >= 0.3 is 0 Å². The smallest absolute Gasteiger partial charge is 0.279 e. The third kappa shape index (κ3) is 4.43. The normalized spacial score (nSPS) is 18.3. The molecule has 0 radical (unpaired) electrons. The predicted molar refractivity (Wildman–Crippen MR) is 83.6 cm³/mol. The summed E-state index contributed by atoms with van der Waals surface area (Å²) in [5.41, 5.74) is 1.15. The van der Waals surface area contributed by atoms with Crippen molar-refractivity contribution in [3.8, 4) is 5.75 Å². The van der Waals surface area contributed by atoms with Gasteiger partial charge < -0.3 is 4.74 Å². The summed E-state index contributed by atoms with van der Waals surface area (Å²) in [6.45, 7) is 3.56. The molecular weight excluding hydrogens is 288 g/mol. The first-order chi connectivity index (χ1) is 10.0. The molecule has 0 aliphatic carbocycles. The summed E-state index contributed by atoms with van der Waals surface area (Å²) in [6.07, 6.45) is 2.70. The summed E-state index contributed by atoms with van der Waals surface area (Å²) >= 11 is 0.